The summed E-state index contributed by atoms with van der Waals surface area (Å²) in [6.45, 7) is 0.918. The van der Waals surface area contributed by atoms with Crippen LogP contribution in [0.2, 0.25) is 0 Å². The lowest BCUT2D eigenvalue weighted by Crippen LogP contribution is -2.41. The molecule has 1 atom stereocenters. The van der Waals surface area contributed by atoms with Gasteiger partial charge in [0.25, 0.3) is 0 Å². The summed E-state index contributed by atoms with van der Waals surface area (Å²) in [4.78, 5) is 24.8. The van der Waals surface area contributed by atoms with E-state index < -0.39 is 5.97 Å². The number of hydrogen-bond donors (Lipinski definition) is 1. The predicted molar refractivity (Wildman–Crippen MR) is 76.6 cm³/mol. The molecule has 1 saturated heterocycles. The molecule has 2 aliphatic rings. The lowest BCUT2D eigenvalue weighted by Gasteiger charge is -2.30. The number of rotatable bonds is 1. The van der Waals surface area contributed by atoms with Gasteiger partial charge in [0.05, 0.1) is 24.4 Å². The minimum Gasteiger partial charge on any atom is -0.465 e. The van der Waals surface area contributed by atoms with Crippen molar-refractivity contribution < 1.29 is 14.3 Å². The molecule has 3 rings (SSSR count). The van der Waals surface area contributed by atoms with Gasteiger partial charge in [-0.3, -0.25) is 4.79 Å². The van der Waals surface area contributed by atoms with E-state index >= 15 is 0 Å². The largest absolute Gasteiger partial charge is 0.465 e. The van der Waals surface area contributed by atoms with Gasteiger partial charge in [-0.2, -0.15) is 0 Å². The van der Waals surface area contributed by atoms with Crippen LogP contribution in [0, 0.1) is 0 Å². The first-order valence-electron chi connectivity index (χ1n) is 6.67. The number of nitrogens with one attached hydrogen (secondary N) is 1. The molecule has 1 amide bonds. The SMILES string of the molecule is COC(=O)c1ccc2c(c1)NC(=O)C1CCCCN1S2. The molecular formula is C14H16N2O3S. The average molecular weight is 292 g/mol. The second-order valence-corrected chi connectivity index (χ2v) is 6.03. The summed E-state index contributed by atoms with van der Waals surface area (Å²) in [5.41, 5.74) is 1.14. The number of amides is 1. The van der Waals surface area contributed by atoms with Gasteiger partial charge in [0, 0.05) is 11.4 Å². The fourth-order valence-electron chi connectivity index (χ4n) is 2.57. The van der Waals surface area contributed by atoms with Gasteiger partial charge in [-0.15, -0.1) is 0 Å². The lowest BCUT2D eigenvalue weighted by molar-refractivity contribution is -0.120. The standard InChI is InChI=1S/C14H16N2O3S/c1-19-14(18)9-5-6-12-10(8-9)15-13(17)11-4-2-3-7-16(11)20-12/h5-6,8,11H,2-4,7H2,1H3,(H,15,17). The van der Waals surface area contributed by atoms with Gasteiger partial charge in [0.2, 0.25) is 5.91 Å². The summed E-state index contributed by atoms with van der Waals surface area (Å²) in [6, 6.07) is 5.20. The van der Waals surface area contributed by atoms with Crippen LogP contribution in [0.1, 0.15) is 29.6 Å². The zero-order valence-electron chi connectivity index (χ0n) is 11.2. The molecule has 1 N–H and O–H groups in total. The van der Waals surface area contributed by atoms with E-state index in [-0.39, 0.29) is 11.9 Å². The maximum Gasteiger partial charge on any atom is 0.337 e. The first kappa shape index (κ1) is 13.5. The van der Waals surface area contributed by atoms with Crippen LogP contribution in [0.4, 0.5) is 5.69 Å². The van der Waals surface area contributed by atoms with Gasteiger partial charge < -0.3 is 10.1 Å². The van der Waals surface area contributed by atoms with Crippen molar-refractivity contribution in [3.63, 3.8) is 0 Å². The van der Waals surface area contributed by atoms with E-state index in [4.69, 9.17) is 4.74 Å². The van der Waals surface area contributed by atoms with Gasteiger partial charge in [-0.1, -0.05) is 6.42 Å². The molecule has 0 bridgehead atoms. The molecule has 1 aromatic carbocycles. The van der Waals surface area contributed by atoms with Crippen LogP contribution in [0.5, 0.6) is 0 Å². The summed E-state index contributed by atoms with van der Waals surface area (Å²) >= 11 is 1.59. The lowest BCUT2D eigenvalue weighted by atomic mass is 10.0. The summed E-state index contributed by atoms with van der Waals surface area (Å²) in [5, 5.41) is 2.93. The van der Waals surface area contributed by atoms with Gasteiger partial charge in [0.15, 0.2) is 0 Å². The minimum atomic E-state index is -0.394. The summed E-state index contributed by atoms with van der Waals surface area (Å²) in [7, 11) is 1.35. The predicted octanol–water partition coefficient (Wildman–Crippen LogP) is 2.29. The van der Waals surface area contributed by atoms with Crippen LogP contribution in [-0.2, 0) is 9.53 Å². The highest BCUT2D eigenvalue weighted by atomic mass is 32.2. The number of carbonyl (C=O) groups is 2. The van der Waals surface area contributed by atoms with E-state index in [0.717, 1.165) is 30.7 Å². The third-order valence-corrected chi connectivity index (χ3v) is 4.85. The Kier molecular flexibility index (Phi) is 3.67. The number of ether oxygens (including phenoxy) is 1. The Labute approximate surface area is 121 Å². The first-order chi connectivity index (χ1) is 9.69. The Bertz CT molecular complexity index is 561. The topological polar surface area (TPSA) is 58.6 Å². The molecule has 0 spiro atoms. The Morgan fingerprint density at radius 2 is 2.30 bits per heavy atom. The van der Waals surface area contributed by atoms with Crippen LogP contribution in [-0.4, -0.2) is 35.9 Å². The zero-order valence-corrected chi connectivity index (χ0v) is 12.0. The summed E-state index contributed by atoms with van der Waals surface area (Å²) < 4.78 is 6.85. The second-order valence-electron chi connectivity index (χ2n) is 4.94. The number of anilines is 1. The zero-order chi connectivity index (χ0) is 14.1. The smallest absolute Gasteiger partial charge is 0.337 e. The molecule has 1 fully saturated rings. The highest BCUT2D eigenvalue weighted by Gasteiger charge is 2.33. The molecule has 106 valence electrons. The van der Waals surface area contributed by atoms with Crippen molar-refractivity contribution in [2.24, 2.45) is 0 Å². The van der Waals surface area contributed by atoms with Crippen molar-refractivity contribution in [3.8, 4) is 0 Å². The van der Waals surface area contributed by atoms with Crippen LogP contribution >= 0.6 is 11.9 Å². The van der Waals surface area contributed by atoms with Crippen molar-refractivity contribution >= 4 is 29.5 Å². The van der Waals surface area contributed by atoms with Crippen LogP contribution < -0.4 is 5.32 Å². The average Bonchev–Trinajstić information content (AvgIpc) is 2.62. The van der Waals surface area contributed by atoms with Gasteiger partial charge in [0.1, 0.15) is 0 Å². The molecule has 0 aromatic heterocycles. The number of carbonyl (C=O) groups excluding carboxylic acids is 2. The van der Waals surface area contributed by atoms with Gasteiger partial charge in [-0.25, -0.2) is 9.10 Å². The molecule has 1 unspecified atom stereocenters. The quantitative estimate of drug-likeness (QED) is 0.635. The second kappa shape index (κ2) is 5.46. The van der Waals surface area contributed by atoms with E-state index in [9.17, 15) is 9.59 Å². The Balaban J connectivity index is 1.94. The van der Waals surface area contributed by atoms with Crippen molar-refractivity contribution in [2.45, 2.75) is 30.2 Å². The fourth-order valence-corrected chi connectivity index (χ4v) is 3.71. The number of nitrogens with zero attached hydrogens (tertiary/aromatic N) is 1. The normalized spacial score (nSPS) is 22.2. The Morgan fingerprint density at radius 3 is 3.10 bits per heavy atom. The molecule has 1 aromatic rings. The minimum absolute atomic E-state index is 0.0120. The number of benzene rings is 1. The summed E-state index contributed by atoms with van der Waals surface area (Å²) in [6.07, 6.45) is 3.09. The number of piperidine rings is 1. The highest BCUT2D eigenvalue weighted by Crippen LogP contribution is 2.38. The Morgan fingerprint density at radius 1 is 1.45 bits per heavy atom. The monoisotopic (exact) mass is 292 g/mol. The van der Waals surface area contributed by atoms with Crippen LogP contribution in [0.15, 0.2) is 23.1 Å². The van der Waals surface area contributed by atoms with Gasteiger partial charge in [-0.05, 0) is 43.0 Å². The molecule has 2 aliphatic heterocycles. The van der Waals surface area contributed by atoms with E-state index in [0.29, 0.717) is 11.3 Å². The van der Waals surface area contributed by atoms with E-state index in [2.05, 4.69) is 9.62 Å². The molecule has 2 heterocycles. The molecule has 0 radical (unpaired) electrons. The number of hydrogen-bond acceptors (Lipinski definition) is 5. The van der Waals surface area contributed by atoms with E-state index in [1.54, 1.807) is 24.1 Å². The third-order valence-electron chi connectivity index (χ3n) is 3.63. The third kappa shape index (κ3) is 2.41. The molecule has 5 nitrogen and oxygen atoms in total. The fraction of sp³-hybridized carbons (Fsp3) is 0.429. The van der Waals surface area contributed by atoms with E-state index in [1.165, 1.54) is 7.11 Å². The van der Waals surface area contributed by atoms with Crippen molar-refractivity contribution in [3.05, 3.63) is 23.8 Å². The number of esters is 1. The molecule has 0 saturated carbocycles. The number of fused-ring (bicyclic) bond motifs is 2. The highest BCUT2D eigenvalue weighted by molar-refractivity contribution is 7.97. The summed E-state index contributed by atoms with van der Waals surface area (Å²) in [5.74, 6) is -0.382. The maximum atomic E-state index is 12.3. The van der Waals surface area contributed by atoms with E-state index in [1.807, 2.05) is 6.07 Å². The van der Waals surface area contributed by atoms with Gasteiger partial charge >= 0.3 is 5.97 Å². The molecule has 6 heteroatoms. The molecular weight excluding hydrogens is 276 g/mol. The van der Waals surface area contributed by atoms with Crippen molar-refractivity contribution in [1.82, 2.24) is 4.31 Å². The van der Waals surface area contributed by atoms with Crippen molar-refractivity contribution in [2.75, 3.05) is 19.0 Å². The van der Waals surface area contributed by atoms with Crippen molar-refractivity contribution in [1.29, 1.82) is 0 Å². The maximum absolute atomic E-state index is 12.3. The first-order valence-corrected chi connectivity index (χ1v) is 7.44. The molecule has 20 heavy (non-hydrogen) atoms. The number of methoxy groups -OCH3 is 1. The van der Waals surface area contributed by atoms with Crippen LogP contribution in [0.3, 0.4) is 0 Å². The Hall–Kier alpha value is -1.53. The van der Waals surface area contributed by atoms with Crippen LogP contribution in [0.25, 0.3) is 0 Å². The molecule has 0 aliphatic carbocycles.